The second-order valence-electron chi connectivity index (χ2n) is 4.33. The number of nitrogens with zero attached hydrogens (tertiary/aromatic N) is 3. The van der Waals surface area contributed by atoms with Gasteiger partial charge in [-0.2, -0.15) is 22.7 Å². The first-order chi connectivity index (χ1) is 11.7. The average molecular weight is 425 g/mol. The summed E-state index contributed by atoms with van der Waals surface area (Å²) in [5.74, 6) is 6.37. The van der Waals surface area contributed by atoms with Crippen molar-refractivity contribution < 1.29 is 46.9 Å². The zero-order valence-electron chi connectivity index (χ0n) is 13.3. The van der Waals surface area contributed by atoms with Crippen LogP contribution in [0.4, 0.5) is 22.8 Å². The van der Waals surface area contributed by atoms with Gasteiger partial charge < -0.3 is 19.5 Å². The number of carbonyl (C=O) groups is 4. The largest absolute Gasteiger partial charge is 0.480 e. The molecule has 0 unspecified atom stereocenters. The standard InChI is InChI=1S/C9H15F3N5O7PS/c1-23-7(21)16(13)25(26,17(14)8(22)24-2)4-15(3-5(18)19)6(20)9(10,11)12/h3-4,13-14H2,1-2H3,(H,18,19). The molecule has 0 aliphatic carbocycles. The van der Waals surface area contributed by atoms with Crippen molar-refractivity contribution in [2.24, 2.45) is 11.7 Å². The van der Waals surface area contributed by atoms with Crippen molar-refractivity contribution in [2.75, 3.05) is 27.1 Å². The number of carboxylic acids is 1. The Kier molecular flexibility index (Phi) is 8.23. The van der Waals surface area contributed by atoms with Crippen molar-refractivity contribution in [1.82, 2.24) is 14.5 Å². The van der Waals surface area contributed by atoms with Crippen LogP contribution in [-0.2, 0) is 30.9 Å². The van der Waals surface area contributed by atoms with Gasteiger partial charge >= 0.3 is 30.2 Å². The normalized spacial score (nSPS) is 11.3. The summed E-state index contributed by atoms with van der Waals surface area (Å²) in [6.07, 6.45) is -13.8. The molecular weight excluding hydrogens is 410 g/mol. The molecule has 150 valence electrons. The fourth-order valence-corrected chi connectivity index (χ4v) is 4.08. The molecule has 3 amide bonds. The second kappa shape index (κ2) is 8.98. The molecule has 0 saturated carbocycles. The number of halogens is 3. The van der Waals surface area contributed by atoms with E-state index in [0.717, 1.165) is 14.2 Å². The van der Waals surface area contributed by atoms with Gasteiger partial charge in [0.1, 0.15) is 6.54 Å². The van der Waals surface area contributed by atoms with Crippen molar-refractivity contribution in [3.63, 3.8) is 0 Å². The maximum Gasteiger partial charge on any atom is 0.471 e. The summed E-state index contributed by atoms with van der Waals surface area (Å²) in [5, 5.41) is 8.73. The molecule has 0 radical (unpaired) electrons. The molecule has 0 spiro atoms. The molecule has 12 nitrogen and oxygen atoms in total. The molecule has 0 heterocycles. The lowest BCUT2D eigenvalue weighted by atomic mass is 10.5. The van der Waals surface area contributed by atoms with Gasteiger partial charge in [-0.15, -0.1) is 0 Å². The number of aliphatic carboxylic acids is 1. The predicted molar refractivity (Wildman–Crippen MR) is 81.4 cm³/mol. The summed E-state index contributed by atoms with van der Waals surface area (Å²) in [7, 11) is 1.69. The Bertz CT molecular complexity index is 607. The van der Waals surface area contributed by atoms with Crippen molar-refractivity contribution in [3.8, 4) is 0 Å². The first-order valence-corrected chi connectivity index (χ1v) is 9.05. The quantitative estimate of drug-likeness (QED) is 0.221. The second-order valence-corrected chi connectivity index (χ2v) is 8.56. The number of carboxylic acid groups (broad SMARTS) is 1. The van der Waals surface area contributed by atoms with E-state index < -0.39 is 49.4 Å². The minimum Gasteiger partial charge on any atom is -0.480 e. The van der Waals surface area contributed by atoms with E-state index in [9.17, 15) is 32.3 Å². The Hall–Kier alpha value is -2.16. The maximum atomic E-state index is 12.7. The van der Waals surface area contributed by atoms with Crippen molar-refractivity contribution >= 4 is 42.2 Å². The van der Waals surface area contributed by atoms with Crippen LogP contribution in [0.15, 0.2) is 0 Å². The molecule has 0 saturated heterocycles. The number of hydrazine groups is 2. The Morgan fingerprint density at radius 3 is 1.73 bits per heavy atom. The van der Waals surface area contributed by atoms with E-state index in [-0.39, 0.29) is 14.5 Å². The van der Waals surface area contributed by atoms with Gasteiger partial charge in [-0.25, -0.2) is 21.3 Å². The van der Waals surface area contributed by atoms with Crippen LogP contribution in [0.1, 0.15) is 0 Å². The Morgan fingerprint density at radius 1 is 1.08 bits per heavy atom. The smallest absolute Gasteiger partial charge is 0.471 e. The monoisotopic (exact) mass is 425 g/mol. The first kappa shape index (κ1) is 23.8. The lowest BCUT2D eigenvalue weighted by molar-refractivity contribution is -0.185. The number of alkyl halides is 3. The number of hydrogen-bond donors (Lipinski definition) is 3. The zero-order chi connectivity index (χ0) is 20.9. The summed E-state index contributed by atoms with van der Waals surface area (Å²) in [5.41, 5.74) is 0. The van der Waals surface area contributed by atoms with Gasteiger partial charge in [0.15, 0.2) is 6.34 Å². The van der Waals surface area contributed by atoms with Crippen LogP contribution in [-0.4, -0.2) is 76.9 Å². The van der Waals surface area contributed by atoms with Crippen LogP contribution in [0.2, 0.25) is 0 Å². The van der Waals surface area contributed by atoms with Gasteiger partial charge in [-0.05, 0) is 11.8 Å². The molecule has 17 heteroatoms. The third kappa shape index (κ3) is 5.69. The molecule has 0 aromatic rings. The molecule has 0 atom stereocenters. The number of rotatable bonds is 6. The summed E-state index contributed by atoms with van der Waals surface area (Å²) in [6.45, 7) is -1.46. The van der Waals surface area contributed by atoms with E-state index in [1.54, 1.807) is 0 Å². The van der Waals surface area contributed by atoms with Crippen LogP contribution in [0.5, 0.6) is 0 Å². The number of hydrogen-bond acceptors (Lipinski definition) is 9. The molecule has 0 bridgehead atoms. The van der Waals surface area contributed by atoms with E-state index in [1.165, 1.54) is 0 Å². The Balaban J connectivity index is 6.11. The topological polar surface area (TPSA) is 169 Å². The van der Waals surface area contributed by atoms with E-state index in [0.29, 0.717) is 0 Å². The highest BCUT2D eigenvalue weighted by molar-refractivity contribution is 8.12. The molecule has 0 aliphatic heterocycles. The molecule has 0 aromatic heterocycles. The van der Waals surface area contributed by atoms with E-state index >= 15 is 0 Å². The SMILES string of the molecule is COC(=O)N(N)P(=S)(CN(CC(=O)O)C(=O)C(F)(F)F)N(N)C(=O)OC. The molecule has 0 aliphatic rings. The number of methoxy groups -OCH3 is 2. The Morgan fingerprint density at radius 2 is 1.46 bits per heavy atom. The van der Waals surface area contributed by atoms with Gasteiger partial charge in [0.25, 0.3) is 0 Å². The summed E-state index contributed by atoms with van der Waals surface area (Å²) in [4.78, 5) is 45.2. The summed E-state index contributed by atoms with van der Waals surface area (Å²) in [6, 6.07) is 0. The zero-order valence-corrected chi connectivity index (χ0v) is 15.0. The number of ether oxygens (including phenoxy) is 2. The highest BCUT2D eigenvalue weighted by atomic mass is 32.4. The Labute approximate surface area is 149 Å². The van der Waals surface area contributed by atoms with Crippen LogP contribution in [0, 0.1) is 0 Å². The van der Waals surface area contributed by atoms with Gasteiger partial charge in [0, 0.05) is 0 Å². The molecule has 5 N–H and O–H groups in total. The minimum absolute atomic E-state index is 0.0394. The molecule has 0 rings (SSSR count). The lowest BCUT2D eigenvalue weighted by Crippen LogP contribution is -2.51. The summed E-state index contributed by atoms with van der Waals surface area (Å²) >= 11 is 4.96. The van der Waals surface area contributed by atoms with Crippen LogP contribution in [0.3, 0.4) is 0 Å². The number of carbonyl (C=O) groups excluding carboxylic acids is 3. The van der Waals surface area contributed by atoms with Gasteiger partial charge in [-0.3, -0.25) is 9.59 Å². The first-order valence-electron chi connectivity index (χ1n) is 6.15. The summed E-state index contributed by atoms with van der Waals surface area (Å²) < 4.78 is 46.7. The molecule has 0 fully saturated rings. The van der Waals surface area contributed by atoms with E-state index in [1.807, 2.05) is 0 Å². The van der Waals surface area contributed by atoms with Gasteiger partial charge in [-0.1, -0.05) is 0 Å². The van der Waals surface area contributed by atoms with E-state index in [4.69, 9.17) is 28.6 Å². The number of nitrogens with two attached hydrogens (primary N) is 2. The average Bonchev–Trinajstić information content (AvgIpc) is 2.56. The van der Waals surface area contributed by atoms with Crippen molar-refractivity contribution in [1.29, 1.82) is 0 Å². The van der Waals surface area contributed by atoms with E-state index in [2.05, 4.69) is 9.47 Å². The van der Waals surface area contributed by atoms with Crippen molar-refractivity contribution in [3.05, 3.63) is 0 Å². The minimum atomic E-state index is -5.47. The fourth-order valence-electron chi connectivity index (χ4n) is 1.43. The number of amides is 3. The van der Waals surface area contributed by atoms with Crippen LogP contribution >= 0.6 is 6.34 Å². The van der Waals surface area contributed by atoms with Gasteiger partial charge in [0.05, 0.1) is 20.5 Å². The predicted octanol–water partition coefficient (Wildman–Crippen LogP) is -0.387. The maximum absolute atomic E-state index is 12.7. The highest BCUT2D eigenvalue weighted by Crippen LogP contribution is 2.51. The van der Waals surface area contributed by atoms with Gasteiger partial charge in [0.2, 0.25) is 0 Å². The third-order valence-corrected chi connectivity index (χ3v) is 6.39. The molecule has 0 aromatic carbocycles. The fraction of sp³-hybridized carbons (Fsp3) is 0.556. The van der Waals surface area contributed by atoms with Crippen LogP contribution < -0.4 is 11.7 Å². The lowest BCUT2D eigenvalue weighted by Gasteiger charge is -2.38. The molecule has 26 heavy (non-hydrogen) atoms. The van der Waals surface area contributed by atoms with Crippen molar-refractivity contribution in [2.45, 2.75) is 6.18 Å². The van der Waals surface area contributed by atoms with Crippen LogP contribution in [0.25, 0.3) is 0 Å². The highest BCUT2D eigenvalue weighted by Gasteiger charge is 2.47. The third-order valence-electron chi connectivity index (χ3n) is 2.61. The molecular formula is C9H15F3N5O7PS.